The quantitative estimate of drug-likeness (QED) is 0.766. The van der Waals surface area contributed by atoms with Gasteiger partial charge in [0.1, 0.15) is 5.75 Å². The number of methoxy groups -OCH3 is 1. The topological polar surface area (TPSA) is 53.6 Å². The van der Waals surface area contributed by atoms with Crippen molar-refractivity contribution in [1.82, 2.24) is 10.2 Å². The van der Waals surface area contributed by atoms with Crippen LogP contribution in [-0.4, -0.2) is 37.7 Å². The summed E-state index contributed by atoms with van der Waals surface area (Å²) < 4.78 is 5.26. The predicted octanol–water partition coefficient (Wildman–Crippen LogP) is 3.90. The number of hydrogen-bond donors (Lipinski definition) is 2. The van der Waals surface area contributed by atoms with E-state index in [-0.39, 0.29) is 12.1 Å². The highest BCUT2D eigenvalue weighted by Gasteiger charge is 2.18. The number of anilines is 1. The van der Waals surface area contributed by atoms with E-state index in [4.69, 9.17) is 4.74 Å². The van der Waals surface area contributed by atoms with E-state index in [1.54, 1.807) is 7.11 Å². The number of amides is 2. The minimum Gasteiger partial charge on any atom is -0.495 e. The number of carbonyl (C=O) groups is 1. The molecule has 2 rings (SSSR count). The summed E-state index contributed by atoms with van der Waals surface area (Å²) in [6.07, 6.45) is 0. The molecule has 0 heterocycles. The Hall–Kier alpha value is -2.53. The number of carbonyl (C=O) groups excluding carboxylic acids is 1. The van der Waals surface area contributed by atoms with Crippen LogP contribution in [0.4, 0.5) is 10.5 Å². The summed E-state index contributed by atoms with van der Waals surface area (Å²) in [5, 5.41) is 5.83. The molecule has 0 aromatic heterocycles. The summed E-state index contributed by atoms with van der Waals surface area (Å²) >= 11 is 0. The van der Waals surface area contributed by atoms with E-state index in [2.05, 4.69) is 41.5 Å². The van der Waals surface area contributed by atoms with Crippen LogP contribution in [0.1, 0.15) is 25.5 Å². The molecule has 2 amide bonds. The van der Waals surface area contributed by atoms with Gasteiger partial charge in [0.15, 0.2) is 0 Å². The summed E-state index contributed by atoms with van der Waals surface area (Å²) in [6.45, 7) is 6.65. The monoisotopic (exact) mass is 341 g/mol. The van der Waals surface area contributed by atoms with E-state index in [1.807, 2.05) is 42.5 Å². The number of urea groups is 1. The molecule has 2 aromatic carbocycles. The molecule has 134 valence electrons. The lowest BCUT2D eigenvalue weighted by atomic mass is 10.1. The summed E-state index contributed by atoms with van der Waals surface area (Å²) in [6, 6.07) is 17.5. The molecule has 0 fully saturated rings. The number of nitrogens with zero attached hydrogens (tertiary/aromatic N) is 1. The number of rotatable bonds is 8. The van der Waals surface area contributed by atoms with Gasteiger partial charge in [-0.1, -0.05) is 56.3 Å². The van der Waals surface area contributed by atoms with Gasteiger partial charge >= 0.3 is 6.03 Å². The molecule has 0 aliphatic carbocycles. The molecule has 0 saturated carbocycles. The van der Waals surface area contributed by atoms with Crippen molar-refractivity contribution < 1.29 is 9.53 Å². The third-order valence-corrected chi connectivity index (χ3v) is 4.25. The molecule has 0 bridgehead atoms. The first kappa shape index (κ1) is 18.8. The number of likely N-dealkylation sites (N-methyl/N-ethyl adjacent to an activating group) is 1. The predicted molar refractivity (Wildman–Crippen MR) is 102 cm³/mol. The summed E-state index contributed by atoms with van der Waals surface area (Å²) in [5.41, 5.74) is 1.85. The van der Waals surface area contributed by atoms with Crippen molar-refractivity contribution in [3.05, 3.63) is 60.2 Å². The van der Waals surface area contributed by atoms with E-state index in [9.17, 15) is 4.79 Å². The number of ether oxygens (including phenoxy) is 1. The lowest BCUT2D eigenvalue weighted by Gasteiger charge is -2.30. The normalized spacial score (nSPS) is 11.8. The molecule has 5 heteroatoms. The highest BCUT2D eigenvalue weighted by atomic mass is 16.5. The SMILES string of the molecule is CCN(CC)C(CNC(=O)Nc1ccccc1OC)c1ccccc1. The highest BCUT2D eigenvalue weighted by molar-refractivity contribution is 5.90. The summed E-state index contributed by atoms with van der Waals surface area (Å²) in [4.78, 5) is 14.7. The molecule has 2 aromatic rings. The maximum atomic E-state index is 12.3. The van der Waals surface area contributed by atoms with Crippen molar-refractivity contribution in [2.45, 2.75) is 19.9 Å². The Kier molecular flexibility index (Phi) is 7.29. The van der Waals surface area contributed by atoms with Crippen molar-refractivity contribution in [1.29, 1.82) is 0 Å². The second kappa shape index (κ2) is 9.69. The van der Waals surface area contributed by atoms with Crippen molar-refractivity contribution in [3.63, 3.8) is 0 Å². The zero-order valence-corrected chi connectivity index (χ0v) is 15.2. The fourth-order valence-electron chi connectivity index (χ4n) is 2.90. The smallest absolute Gasteiger partial charge is 0.319 e. The summed E-state index contributed by atoms with van der Waals surface area (Å²) in [7, 11) is 1.59. The average molecular weight is 341 g/mol. The van der Waals surface area contributed by atoms with Crippen molar-refractivity contribution in [3.8, 4) is 5.75 Å². The molecule has 0 radical (unpaired) electrons. The van der Waals surface area contributed by atoms with E-state index < -0.39 is 0 Å². The molecular formula is C20H27N3O2. The fraction of sp³-hybridized carbons (Fsp3) is 0.350. The lowest BCUT2D eigenvalue weighted by Crippen LogP contribution is -2.39. The van der Waals surface area contributed by atoms with Gasteiger partial charge in [-0.3, -0.25) is 4.90 Å². The van der Waals surface area contributed by atoms with Crippen molar-refractivity contribution in [2.75, 3.05) is 32.1 Å². The molecule has 0 saturated heterocycles. The average Bonchev–Trinajstić information content (AvgIpc) is 2.66. The van der Waals surface area contributed by atoms with Gasteiger partial charge in [0.25, 0.3) is 0 Å². The Morgan fingerprint density at radius 1 is 1.04 bits per heavy atom. The fourth-order valence-corrected chi connectivity index (χ4v) is 2.90. The molecule has 25 heavy (non-hydrogen) atoms. The van der Waals surface area contributed by atoms with Crippen LogP contribution in [-0.2, 0) is 0 Å². The second-order valence-electron chi connectivity index (χ2n) is 5.68. The first-order valence-corrected chi connectivity index (χ1v) is 8.66. The van der Waals surface area contributed by atoms with Gasteiger partial charge < -0.3 is 15.4 Å². The number of hydrogen-bond acceptors (Lipinski definition) is 3. The third-order valence-electron chi connectivity index (χ3n) is 4.25. The minimum absolute atomic E-state index is 0.139. The van der Waals surface area contributed by atoms with Crippen molar-refractivity contribution >= 4 is 11.7 Å². The van der Waals surface area contributed by atoms with Crippen LogP contribution in [0.3, 0.4) is 0 Å². The number of para-hydroxylation sites is 2. The van der Waals surface area contributed by atoms with Crippen LogP contribution in [0, 0.1) is 0 Å². The van der Waals surface area contributed by atoms with E-state index >= 15 is 0 Å². The molecule has 1 atom stereocenters. The van der Waals surface area contributed by atoms with Crippen LogP contribution < -0.4 is 15.4 Å². The largest absolute Gasteiger partial charge is 0.495 e. The van der Waals surface area contributed by atoms with Gasteiger partial charge in [0, 0.05) is 6.54 Å². The zero-order chi connectivity index (χ0) is 18.1. The Bertz CT molecular complexity index is 657. The van der Waals surface area contributed by atoms with Gasteiger partial charge in [-0.25, -0.2) is 4.79 Å². The first-order valence-electron chi connectivity index (χ1n) is 8.66. The maximum absolute atomic E-state index is 12.3. The number of nitrogens with one attached hydrogen (secondary N) is 2. The lowest BCUT2D eigenvalue weighted by molar-refractivity contribution is 0.210. The highest BCUT2D eigenvalue weighted by Crippen LogP contribution is 2.23. The van der Waals surface area contributed by atoms with Gasteiger partial charge in [0.05, 0.1) is 18.8 Å². The standard InChI is InChI=1S/C20H27N3O2/c1-4-23(5-2)18(16-11-7-6-8-12-16)15-21-20(24)22-17-13-9-10-14-19(17)25-3/h6-14,18H,4-5,15H2,1-3H3,(H2,21,22,24). The van der Waals surface area contributed by atoms with Crippen molar-refractivity contribution in [2.24, 2.45) is 0 Å². The Morgan fingerprint density at radius 2 is 1.68 bits per heavy atom. The zero-order valence-electron chi connectivity index (χ0n) is 15.2. The van der Waals surface area contributed by atoms with Crippen LogP contribution in [0.5, 0.6) is 5.75 Å². The molecule has 1 unspecified atom stereocenters. The molecule has 0 spiro atoms. The third kappa shape index (κ3) is 5.22. The van der Waals surface area contributed by atoms with Crippen LogP contribution in [0.2, 0.25) is 0 Å². The van der Waals surface area contributed by atoms with E-state index in [0.29, 0.717) is 18.0 Å². The molecular weight excluding hydrogens is 314 g/mol. The Balaban J connectivity index is 2.03. The summed E-state index contributed by atoms with van der Waals surface area (Å²) in [5.74, 6) is 0.640. The van der Waals surface area contributed by atoms with Gasteiger partial charge in [0.2, 0.25) is 0 Å². The molecule has 2 N–H and O–H groups in total. The van der Waals surface area contributed by atoms with E-state index in [1.165, 1.54) is 5.56 Å². The van der Waals surface area contributed by atoms with Gasteiger partial charge in [-0.15, -0.1) is 0 Å². The molecule has 0 aliphatic rings. The Labute approximate surface area is 150 Å². The van der Waals surface area contributed by atoms with E-state index in [0.717, 1.165) is 13.1 Å². The molecule has 0 aliphatic heterocycles. The Morgan fingerprint density at radius 3 is 2.32 bits per heavy atom. The van der Waals surface area contributed by atoms with Crippen LogP contribution in [0.15, 0.2) is 54.6 Å². The second-order valence-corrected chi connectivity index (χ2v) is 5.68. The first-order chi connectivity index (χ1) is 12.2. The molecule has 5 nitrogen and oxygen atoms in total. The number of benzene rings is 2. The maximum Gasteiger partial charge on any atom is 0.319 e. The van der Waals surface area contributed by atoms with Gasteiger partial charge in [-0.2, -0.15) is 0 Å². The minimum atomic E-state index is -0.238. The van der Waals surface area contributed by atoms with Gasteiger partial charge in [-0.05, 0) is 30.8 Å². The van der Waals surface area contributed by atoms with Crippen LogP contribution >= 0.6 is 0 Å². The van der Waals surface area contributed by atoms with Crippen LogP contribution in [0.25, 0.3) is 0 Å².